The Hall–Kier alpha value is -2.43. The lowest BCUT2D eigenvalue weighted by molar-refractivity contribution is 0.347. The Morgan fingerprint density at radius 1 is 1.19 bits per heavy atom. The van der Waals surface area contributed by atoms with Gasteiger partial charge in [0.15, 0.2) is 0 Å². The van der Waals surface area contributed by atoms with Crippen LogP contribution in [-0.4, -0.2) is 20.0 Å². The highest BCUT2D eigenvalue weighted by Gasteiger charge is 2.14. The van der Waals surface area contributed by atoms with E-state index in [2.05, 4.69) is 53.5 Å². The van der Waals surface area contributed by atoms with Crippen molar-refractivity contribution in [3.63, 3.8) is 0 Å². The lowest BCUT2D eigenvalue weighted by atomic mass is 10.1. The van der Waals surface area contributed by atoms with E-state index in [1.165, 1.54) is 0 Å². The van der Waals surface area contributed by atoms with Crippen LogP contribution in [0.5, 0.6) is 0 Å². The highest BCUT2D eigenvalue weighted by atomic mass is 15.4. The van der Waals surface area contributed by atoms with Crippen LogP contribution in [0.15, 0.2) is 42.7 Å². The molecule has 0 fully saturated rings. The highest BCUT2D eigenvalue weighted by molar-refractivity contribution is 5.81. The van der Waals surface area contributed by atoms with Crippen molar-refractivity contribution < 1.29 is 0 Å². The van der Waals surface area contributed by atoms with Crippen molar-refractivity contribution in [1.82, 2.24) is 20.0 Å². The zero-order valence-electron chi connectivity index (χ0n) is 12.5. The van der Waals surface area contributed by atoms with Gasteiger partial charge in [-0.3, -0.25) is 4.98 Å². The number of hydrogen-bond acceptors (Lipinski definition) is 4. The molecule has 0 radical (unpaired) electrons. The van der Waals surface area contributed by atoms with Gasteiger partial charge in [-0.15, -0.1) is 5.10 Å². The van der Waals surface area contributed by atoms with Crippen LogP contribution in [0.4, 0.5) is 5.69 Å². The molecule has 0 aliphatic heterocycles. The van der Waals surface area contributed by atoms with Crippen LogP contribution >= 0.6 is 0 Å². The summed E-state index contributed by atoms with van der Waals surface area (Å²) in [6, 6.07) is 10.2. The smallest absolute Gasteiger partial charge is 0.102 e. The van der Waals surface area contributed by atoms with Crippen molar-refractivity contribution in [1.29, 1.82) is 0 Å². The first-order valence-electron chi connectivity index (χ1n) is 7.03. The molecule has 3 rings (SSSR count). The number of para-hydroxylation sites is 1. The lowest BCUT2D eigenvalue weighted by Crippen LogP contribution is -2.22. The maximum absolute atomic E-state index is 4.43. The first kappa shape index (κ1) is 13.5. The molecule has 0 atom stereocenters. The summed E-state index contributed by atoms with van der Waals surface area (Å²) in [5, 5.41) is 12.8. The molecule has 0 aliphatic rings. The van der Waals surface area contributed by atoms with E-state index in [1.54, 1.807) is 0 Å². The van der Waals surface area contributed by atoms with Gasteiger partial charge in [-0.2, -0.15) is 0 Å². The normalized spacial score (nSPS) is 11.8. The van der Waals surface area contributed by atoms with E-state index in [1.807, 2.05) is 35.3 Å². The van der Waals surface area contributed by atoms with Crippen molar-refractivity contribution in [2.24, 2.45) is 0 Å². The number of aromatic nitrogens is 4. The number of rotatable bonds is 3. The lowest BCUT2D eigenvalue weighted by Gasteiger charge is -2.17. The Morgan fingerprint density at radius 3 is 2.76 bits per heavy atom. The van der Waals surface area contributed by atoms with Crippen LogP contribution in [-0.2, 0) is 12.1 Å². The average Bonchev–Trinajstić information content (AvgIpc) is 2.94. The van der Waals surface area contributed by atoms with E-state index < -0.39 is 0 Å². The molecule has 0 saturated heterocycles. The van der Waals surface area contributed by atoms with E-state index in [9.17, 15) is 0 Å². The van der Waals surface area contributed by atoms with Crippen LogP contribution in [0.3, 0.4) is 0 Å². The Bertz CT molecular complexity index is 754. The minimum atomic E-state index is -0.0459. The molecule has 0 aliphatic carbocycles. The monoisotopic (exact) mass is 281 g/mol. The highest BCUT2D eigenvalue weighted by Crippen LogP contribution is 2.17. The van der Waals surface area contributed by atoms with E-state index in [0.717, 1.165) is 22.3 Å². The van der Waals surface area contributed by atoms with Gasteiger partial charge in [-0.25, -0.2) is 4.68 Å². The van der Waals surface area contributed by atoms with Crippen molar-refractivity contribution in [3.05, 3.63) is 48.4 Å². The standard InChI is InChI=1S/C16H19N5/c1-16(2,3)21-11-14(19-20-21)10-17-13-8-12-6-4-5-7-15(12)18-9-13/h4-9,11,17H,10H2,1-3H3. The summed E-state index contributed by atoms with van der Waals surface area (Å²) in [5.41, 5.74) is 2.86. The van der Waals surface area contributed by atoms with Crippen LogP contribution < -0.4 is 5.32 Å². The first-order chi connectivity index (χ1) is 10.0. The topological polar surface area (TPSA) is 55.6 Å². The molecule has 5 heteroatoms. The van der Waals surface area contributed by atoms with E-state index in [0.29, 0.717) is 6.54 Å². The predicted molar refractivity (Wildman–Crippen MR) is 84.1 cm³/mol. The second-order valence-electron chi connectivity index (χ2n) is 6.10. The van der Waals surface area contributed by atoms with Crippen molar-refractivity contribution in [3.8, 4) is 0 Å². The summed E-state index contributed by atoms with van der Waals surface area (Å²) in [7, 11) is 0. The van der Waals surface area contributed by atoms with Gasteiger partial charge in [0.1, 0.15) is 5.69 Å². The summed E-state index contributed by atoms with van der Waals surface area (Å²) in [6.45, 7) is 6.94. The third-order valence-corrected chi connectivity index (χ3v) is 3.29. The number of pyridine rings is 1. The molecular weight excluding hydrogens is 262 g/mol. The molecule has 1 N–H and O–H groups in total. The zero-order chi connectivity index (χ0) is 14.9. The maximum Gasteiger partial charge on any atom is 0.102 e. The molecule has 3 aromatic rings. The summed E-state index contributed by atoms with van der Waals surface area (Å²) in [6.07, 6.45) is 3.82. The SMILES string of the molecule is CC(C)(C)n1cc(CNc2cnc3ccccc3c2)nn1. The molecule has 0 unspecified atom stereocenters. The second kappa shape index (κ2) is 5.16. The number of benzene rings is 1. The van der Waals surface area contributed by atoms with Gasteiger partial charge in [0.2, 0.25) is 0 Å². The molecule has 0 spiro atoms. The van der Waals surface area contributed by atoms with Crippen molar-refractivity contribution in [2.75, 3.05) is 5.32 Å². The van der Waals surface area contributed by atoms with E-state index in [-0.39, 0.29) is 5.54 Å². The summed E-state index contributed by atoms with van der Waals surface area (Å²) in [5.74, 6) is 0. The number of nitrogens with one attached hydrogen (secondary N) is 1. The molecular formula is C16H19N5. The maximum atomic E-state index is 4.43. The number of fused-ring (bicyclic) bond motifs is 1. The van der Waals surface area contributed by atoms with Crippen LogP contribution in [0.2, 0.25) is 0 Å². The quantitative estimate of drug-likeness (QED) is 0.801. The Morgan fingerprint density at radius 2 is 2.00 bits per heavy atom. The van der Waals surface area contributed by atoms with Gasteiger partial charge < -0.3 is 5.32 Å². The van der Waals surface area contributed by atoms with Crippen LogP contribution in [0.1, 0.15) is 26.5 Å². The number of anilines is 1. The Balaban J connectivity index is 1.73. The third kappa shape index (κ3) is 3.02. The van der Waals surface area contributed by atoms with Gasteiger partial charge >= 0.3 is 0 Å². The molecule has 21 heavy (non-hydrogen) atoms. The van der Waals surface area contributed by atoms with Gasteiger partial charge in [0.25, 0.3) is 0 Å². The molecule has 2 heterocycles. The minimum absolute atomic E-state index is 0.0459. The fourth-order valence-electron chi connectivity index (χ4n) is 2.07. The van der Waals surface area contributed by atoms with E-state index >= 15 is 0 Å². The summed E-state index contributed by atoms with van der Waals surface area (Å²) in [4.78, 5) is 4.43. The van der Waals surface area contributed by atoms with Gasteiger partial charge in [0, 0.05) is 5.39 Å². The summed E-state index contributed by atoms with van der Waals surface area (Å²) < 4.78 is 1.88. The molecule has 0 saturated carbocycles. The molecule has 0 bridgehead atoms. The Labute approximate surface area is 124 Å². The predicted octanol–water partition coefficient (Wildman–Crippen LogP) is 3.19. The molecule has 2 aromatic heterocycles. The first-order valence-corrected chi connectivity index (χ1v) is 7.03. The fourth-order valence-corrected chi connectivity index (χ4v) is 2.07. The Kier molecular flexibility index (Phi) is 3.33. The third-order valence-electron chi connectivity index (χ3n) is 3.29. The molecule has 0 amide bonds. The van der Waals surface area contributed by atoms with Crippen LogP contribution in [0, 0.1) is 0 Å². The second-order valence-corrected chi connectivity index (χ2v) is 6.10. The van der Waals surface area contributed by atoms with Crippen LogP contribution in [0.25, 0.3) is 10.9 Å². The minimum Gasteiger partial charge on any atom is -0.378 e. The molecule has 5 nitrogen and oxygen atoms in total. The average molecular weight is 281 g/mol. The largest absolute Gasteiger partial charge is 0.378 e. The van der Waals surface area contributed by atoms with Crippen molar-refractivity contribution in [2.45, 2.75) is 32.9 Å². The van der Waals surface area contributed by atoms with E-state index in [4.69, 9.17) is 0 Å². The summed E-state index contributed by atoms with van der Waals surface area (Å²) >= 11 is 0. The molecule has 108 valence electrons. The van der Waals surface area contributed by atoms with Gasteiger partial charge in [0.05, 0.1) is 35.7 Å². The van der Waals surface area contributed by atoms with Crippen molar-refractivity contribution >= 4 is 16.6 Å². The molecule has 1 aromatic carbocycles. The number of hydrogen-bond donors (Lipinski definition) is 1. The fraction of sp³-hybridized carbons (Fsp3) is 0.312. The number of nitrogens with zero attached hydrogens (tertiary/aromatic N) is 4. The van der Waals surface area contributed by atoms with Gasteiger partial charge in [-0.1, -0.05) is 23.4 Å². The zero-order valence-corrected chi connectivity index (χ0v) is 12.5. The van der Waals surface area contributed by atoms with Gasteiger partial charge in [-0.05, 0) is 32.9 Å².